The van der Waals surface area contributed by atoms with E-state index in [1.807, 2.05) is 55.5 Å². The number of piperazine rings is 1. The van der Waals surface area contributed by atoms with Crippen LogP contribution < -0.4 is 15.0 Å². The second kappa shape index (κ2) is 10.3. The molecule has 6 nitrogen and oxygen atoms in total. The number of benzene rings is 2. The van der Waals surface area contributed by atoms with Crippen molar-refractivity contribution in [3.05, 3.63) is 84.1 Å². The molecule has 0 saturated carbocycles. The van der Waals surface area contributed by atoms with Crippen LogP contribution in [0.25, 0.3) is 0 Å². The van der Waals surface area contributed by atoms with E-state index in [2.05, 4.69) is 15.1 Å². The summed E-state index contributed by atoms with van der Waals surface area (Å²) in [6.07, 6.45) is 1.65. The van der Waals surface area contributed by atoms with E-state index in [1.54, 1.807) is 6.26 Å². The fraction of sp³-hybridized carbons (Fsp3) is 0.320. The van der Waals surface area contributed by atoms with Gasteiger partial charge in [0.2, 0.25) is 0 Å². The summed E-state index contributed by atoms with van der Waals surface area (Å²) in [5.74, 6) is 1.13. The monoisotopic (exact) mass is 437 g/mol. The first-order valence-electron chi connectivity index (χ1n) is 10.8. The molecule has 1 unspecified atom stereocenters. The number of aryl methyl sites for hydroxylation is 1. The van der Waals surface area contributed by atoms with E-state index in [0.717, 1.165) is 43.2 Å². The van der Waals surface area contributed by atoms with Gasteiger partial charge in [0.05, 0.1) is 12.3 Å². The Bertz CT molecular complexity index is 1000. The molecule has 4 rings (SSSR count). The van der Waals surface area contributed by atoms with Gasteiger partial charge in [0.15, 0.2) is 6.61 Å². The highest BCUT2D eigenvalue weighted by Gasteiger charge is 2.27. The molecule has 1 aromatic heterocycles. The average Bonchev–Trinajstić information content (AvgIpc) is 3.34. The lowest BCUT2D eigenvalue weighted by atomic mass is 10.1. The smallest absolute Gasteiger partial charge is 0.258 e. The Hall–Kier alpha value is -3.32. The van der Waals surface area contributed by atoms with Gasteiger partial charge in [-0.15, -0.1) is 0 Å². The van der Waals surface area contributed by atoms with Gasteiger partial charge in [0.1, 0.15) is 17.3 Å². The Morgan fingerprint density at radius 3 is 2.50 bits per heavy atom. The molecule has 3 aromatic rings. The summed E-state index contributed by atoms with van der Waals surface area (Å²) in [6, 6.07) is 18.0. The fourth-order valence-corrected chi connectivity index (χ4v) is 3.96. The number of rotatable bonds is 8. The molecule has 0 aliphatic carbocycles. The van der Waals surface area contributed by atoms with Gasteiger partial charge in [-0.25, -0.2) is 4.39 Å². The molecule has 7 heteroatoms. The Morgan fingerprint density at radius 2 is 1.81 bits per heavy atom. The molecule has 1 saturated heterocycles. The van der Waals surface area contributed by atoms with Crippen molar-refractivity contribution in [2.75, 3.05) is 44.2 Å². The summed E-state index contributed by atoms with van der Waals surface area (Å²) in [6.45, 7) is 5.58. The number of amides is 1. The van der Waals surface area contributed by atoms with Crippen molar-refractivity contribution in [3.8, 4) is 5.75 Å². The quantitative estimate of drug-likeness (QED) is 0.581. The van der Waals surface area contributed by atoms with Gasteiger partial charge >= 0.3 is 0 Å². The number of hydrogen-bond donors (Lipinski definition) is 1. The third kappa shape index (κ3) is 5.48. The number of para-hydroxylation sites is 1. The zero-order chi connectivity index (χ0) is 22.3. The van der Waals surface area contributed by atoms with Gasteiger partial charge in [-0.2, -0.15) is 0 Å². The van der Waals surface area contributed by atoms with Crippen LogP contribution in [0.15, 0.2) is 71.3 Å². The van der Waals surface area contributed by atoms with Gasteiger partial charge in [0, 0.05) is 38.4 Å². The van der Waals surface area contributed by atoms with E-state index in [1.165, 1.54) is 12.1 Å². The van der Waals surface area contributed by atoms with Gasteiger partial charge < -0.3 is 19.4 Å². The summed E-state index contributed by atoms with van der Waals surface area (Å²) in [7, 11) is 0. The molecule has 2 aromatic carbocycles. The molecule has 1 atom stereocenters. The minimum Gasteiger partial charge on any atom is -0.484 e. The fourth-order valence-electron chi connectivity index (χ4n) is 3.96. The van der Waals surface area contributed by atoms with Crippen LogP contribution in [0.4, 0.5) is 10.1 Å². The zero-order valence-corrected chi connectivity index (χ0v) is 18.2. The molecule has 168 valence electrons. The summed E-state index contributed by atoms with van der Waals surface area (Å²) < 4.78 is 24.5. The maximum absolute atomic E-state index is 13.2. The number of hydrogen-bond acceptors (Lipinski definition) is 5. The maximum atomic E-state index is 13.2. The highest BCUT2D eigenvalue weighted by Crippen LogP contribution is 2.24. The Morgan fingerprint density at radius 1 is 1.06 bits per heavy atom. The molecule has 0 radical (unpaired) electrons. The molecule has 0 bridgehead atoms. The van der Waals surface area contributed by atoms with Gasteiger partial charge in [-0.05, 0) is 55.0 Å². The zero-order valence-electron chi connectivity index (χ0n) is 18.2. The van der Waals surface area contributed by atoms with Crippen LogP contribution in [0.3, 0.4) is 0 Å². The Labute approximate surface area is 187 Å². The third-order valence-corrected chi connectivity index (χ3v) is 5.76. The molecular weight excluding hydrogens is 409 g/mol. The number of carbonyl (C=O) groups is 1. The summed E-state index contributed by atoms with van der Waals surface area (Å²) >= 11 is 0. The predicted octanol–water partition coefficient (Wildman–Crippen LogP) is 3.79. The lowest BCUT2D eigenvalue weighted by Crippen LogP contribution is -2.50. The van der Waals surface area contributed by atoms with Crippen LogP contribution in [0.1, 0.15) is 17.4 Å². The van der Waals surface area contributed by atoms with Crippen molar-refractivity contribution >= 4 is 11.6 Å². The van der Waals surface area contributed by atoms with Crippen LogP contribution in [0.2, 0.25) is 0 Å². The average molecular weight is 438 g/mol. The molecule has 1 fully saturated rings. The molecule has 1 aliphatic heterocycles. The minimum atomic E-state index is -0.229. The molecular formula is C25H28FN3O3. The van der Waals surface area contributed by atoms with Crippen LogP contribution in [0, 0.1) is 12.7 Å². The van der Waals surface area contributed by atoms with Crippen LogP contribution in [0.5, 0.6) is 5.75 Å². The first-order valence-corrected chi connectivity index (χ1v) is 10.8. The van der Waals surface area contributed by atoms with Crippen molar-refractivity contribution in [3.63, 3.8) is 0 Å². The summed E-state index contributed by atoms with van der Waals surface area (Å²) in [5.41, 5.74) is 2.01. The summed E-state index contributed by atoms with van der Waals surface area (Å²) in [4.78, 5) is 17.0. The summed E-state index contributed by atoms with van der Waals surface area (Å²) in [5, 5.41) is 2.99. The first kappa shape index (κ1) is 21.9. The molecule has 0 spiro atoms. The standard InChI is InChI=1S/C25H28FN3O3/c1-19-5-2-3-6-23(19)32-18-25(30)27-17-22(24-7-4-16-31-24)29-14-12-28(13-15-29)21-10-8-20(26)9-11-21/h2-11,16,22H,12-15,17-18H2,1H3,(H,27,30). The largest absolute Gasteiger partial charge is 0.484 e. The topological polar surface area (TPSA) is 58.0 Å². The van der Waals surface area contributed by atoms with E-state index in [0.29, 0.717) is 12.3 Å². The number of nitrogens with one attached hydrogen (secondary N) is 1. The number of ether oxygens (including phenoxy) is 1. The minimum absolute atomic E-state index is 0.0337. The normalized spacial score (nSPS) is 15.4. The third-order valence-electron chi connectivity index (χ3n) is 5.76. The maximum Gasteiger partial charge on any atom is 0.258 e. The van der Waals surface area contributed by atoms with Gasteiger partial charge in [-0.3, -0.25) is 9.69 Å². The van der Waals surface area contributed by atoms with Crippen molar-refractivity contribution in [2.45, 2.75) is 13.0 Å². The van der Waals surface area contributed by atoms with E-state index < -0.39 is 0 Å². The molecule has 1 amide bonds. The number of halogens is 1. The predicted molar refractivity (Wildman–Crippen MR) is 121 cm³/mol. The van der Waals surface area contributed by atoms with Crippen LogP contribution in [-0.2, 0) is 4.79 Å². The molecule has 1 N–H and O–H groups in total. The molecule has 32 heavy (non-hydrogen) atoms. The second-order valence-electron chi connectivity index (χ2n) is 7.89. The lowest BCUT2D eigenvalue weighted by molar-refractivity contribution is -0.123. The van der Waals surface area contributed by atoms with E-state index in [9.17, 15) is 9.18 Å². The van der Waals surface area contributed by atoms with E-state index in [-0.39, 0.29) is 24.4 Å². The highest BCUT2D eigenvalue weighted by molar-refractivity contribution is 5.77. The van der Waals surface area contributed by atoms with Crippen molar-refractivity contribution in [1.82, 2.24) is 10.2 Å². The lowest BCUT2D eigenvalue weighted by Gasteiger charge is -2.39. The second-order valence-corrected chi connectivity index (χ2v) is 7.89. The number of anilines is 1. The molecule has 2 heterocycles. The number of carbonyl (C=O) groups excluding carboxylic acids is 1. The van der Waals surface area contributed by atoms with Crippen LogP contribution in [-0.4, -0.2) is 50.1 Å². The number of nitrogens with zero attached hydrogens (tertiary/aromatic N) is 2. The Balaban J connectivity index is 1.32. The van der Waals surface area contributed by atoms with E-state index >= 15 is 0 Å². The van der Waals surface area contributed by atoms with Gasteiger partial charge in [-0.1, -0.05) is 18.2 Å². The molecule has 1 aliphatic rings. The Kier molecular flexibility index (Phi) is 7.07. The van der Waals surface area contributed by atoms with E-state index in [4.69, 9.17) is 9.15 Å². The van der Waals surface area contributed by atoms with Crippen molar-refractivity contribution in [1.29, 1.82) is 0 Å². The van der Waals surface area contributed by atoms with Gasteiger partial charge in [0.25, 0.3) is 5.91 Å². The number of furan rings is 1. The first-order chi connectivity index (χ1) is 15.6. The van der Waals surface area contributed by atoms with Crippen molar-refractivity contribution < 1.29 is 18.3 Å². The SMILES string of the molecule is Cc1ccccc1OCC(=O)NCC(c1ccco1)N1CCN(c2ccc(F)cc2)CC1. The van der Waals surface area contributed by atoms with Crippen molar-refractivity contribution in [2.24, 2.45) is 0 Å². The highest BCUT2D eigenvalue weighted by atomic mass is 19.1. The van der Waals surface area contributed by atoms with Crippen LogP contribution >= 0.6 is 0 Å².